The number of nitrogens with zero attached hydrogens (tertiary/aromatic N) is 1. The van der Waals surface area contributed by atoms with Crippen LogP contribution in [0.15, 0.2) is 24.3 Å². The van der Waals surface area contributed by atoms with E-state index < -0.39 is 10.0 Å². The van der Waals surface area contributed by atoms with Gasteiger partial charge >= 0.3 is 0 Å². The maximum atomic E-state index is 12.5. The van der Waals surface area contributed by atoms with Gasteiger partial charge in [-0.05, 0) is 23.8 Å². The minimum Gasteiger partial charge on any atom is -0.326 e. The van der Waals surface area contributed by atoms with Crippen molar-refractivity contribution in [3.8, 4) is 0 Å². The van der Waals surface area contributed by atoms with Crippen molar-refractivity contribution >= 4 is 21.8 Å². The van der Waals surface area contributed by atoms with Crippen LogP contribution in [-0.4, -0.2) is 37.8 Å². The Morgan fingerprint density at radius 1 is 1.35 bits per heavy atom. The van der Waals surface area contributed by atoms with Crippen LogP contribution >= 0.6 is 11.8 Å². The highest BCUT2D eigenvalue weighted by atomic mass is 32.2. The molecule has 0 saturated carbocycles. The van der Waals surface area contributed by atoms with Gasteiger partial charge in [0.25, 0.3) is 0 Å². The van der Waals surface area contributed by atoms with E-state index in [4.69, 9.17) is 5.73 Å². The zero-order chi connectivity index (χ0) is 15.2. The minimum absolute atomic E-state index is 0.0300. The molecule has 0 bridgehead atoms. The minimum atomic E-state index is -3.29. The third-order valence-electron chi connectivity index (χ3n) is 3.36. The number of rotatable bonds is 8. The molecule has 20 heavy (non-hydrogen) atoms. The summed E-state index contributed by atoms with van der Waals surface area (Å²) >= 11 is 1.67. The van der Waals surface area contributed by atoms with Gasteiger partial charge in [-0.3, -0.25) is 0 Å². The standard InChI is InChI=1S/C14H24N2O2S2/c1-4-14(10-19-3)16(2)20(17,18)11-13-7-5-6-12(8-13)9-15/h5-8,14H,4,9-11,15H2,1-3H3. The number of hydrogen-bond acceptors (Lipinski definition) is 4. The van der Waals surface area contributed by atoms with Gasteiger partial charge in [0.05, 0.1) is 5.75 Å². The molecular weight excluding hydrogens is 292 g/mol. The van der Waals surface area contributed by atoms with Gasteiger partial charge < -0.3 is 5.73 Å². The molecule has 0 heterocycles. The SMILES string of the molecule is CCC(CSC)N(C)S(=O)(=O)Cc1cccc(CN)c1. The van der Waals surface area contributed by atoms with Gasteiger partial charge in [-0.2, -0.15) is 11.8 Å². The van der Waals surface area contributed by atoms with E-state index in [1.807, 2.05) is 37.4 Å². The fourth-order valence-electron chi connectivity index (χ4n) is 2.06. The first-order valence-corrected chi connectivity index (χ1v) is 9.67. The Labute approximate surface area is 126 Å². The molecule has 0 aliphatic rings. The van der Waals surface area contributed by atoms with Crippen molar-refractivity contribution in [3.63, 3.8) is 0 Å². The normalized spacial score (nSPS) is 13.7. The highest BCUT2D eigenvalue weighted by molar-refractivity contribution is 7.98. The first kappa shape index (κ1) is 17.5. The van der Waals surface area contributed by atoms with Crippen LogP contribution in [-0.2, 0) is 22.3 Å². The van der Waals surface area contributed by atoms with E-state index >= 15 is 0 Å². The Balaban J connectivity index is 2.87. The van der Waals surface area contributed by atoms with Crippen LogP contribution in [0.25, 0.3) is 0 Å². The van der Waals surface area contributed by atoms with Crippen LogP contribution in [0.2, 0.25) is 0 Å². The van der Waals surface area contributed by atoms with Crippen molar-refractivity contribution in [2.24, 2.45) is 5.73 Å². The number of sulfonamides is 1. The Bertz CT molecular complexity index is 518. The van der Waals surface area contributed by atoms with Gasteiger partial charge in [-0.25, -0.2) is 12.7 Å². The average molecular weight is 316 g/mol. The van der Waals surface area contributed by atoms with Crippen molar-refractivity contribution < 1.29 is 8.42 Å². The van der Waals surface area contributed by atoms with Gasteiger partial charge in [0.15, 0.2) is 0 Å². The molecule has 0 radical (unpaired) electrons. The smallest absolute Gasteiger partial charge is 0.218 e. The summed E-state index contributed by atoms with van der Waals surface area (Å²) < 4.78 is 26.4. The molecule has 0 amide bonds. The van der Waals surface area contributed by atoms with Crippen molar-refractivity contribution in [2.75, 3.05) is 19.1 Å². The Hall–Kier alpha value is -0.560. The first-order chi connectivity index (χ1) is 9.44. The van der Waals surface area contributed by atoms with Crippen LogP contribution in [0.1, 0.15) is 24.5 Å². The van der Waals surface area contributed by atoms with E-state index in [2.05, 4.69) is 0 Å². The second-order valence-electron chi connectivity index (χ2n) is 4.81. The summed E-state index contributed by atoms with van der Waals surface area (Å²) in [5, 5.41) is 0. The summed E-state index contributed by atoms with van der Waals surface area (Å²) in [6.45, 7) is 2.44. The molecule has 1 aromatic carbocycles. The summed E-state index contributed by atoms with van der Waals surface area (Å²) in [5.74, 6) is 0.845. The average Bonchev–Trinajstić information content (AvgIpc) is 2.43. The topological polar surface area (TPSA) is 63.4 Å². The fraction of sp³-hybridized carbons (Fsp3) is 0.571. The molecular formula is C14H24N2O2S2. The molecule has 1 atom stereocenters. The molecule has 1 rings (SSSR count). The zero-order valence-electron chi connectivity index (χ0n) is 12.4. The van der Waals surface area contributed by atoms with Crippen molar-refractivity contribution in [2.45, 2.75) is 31.7 Å². The Morgan fingerprint density at radius 2 is 2.00 bits per heavy atom. The molecule has 2 N–H and O–H groups in total. The van der Waals surface area contributed by atoms with Crippen molar-refractivity contribution in [1.82, 2.24) is 4.31 Å². The Morgan fingerprint density at radius 3 is 2.55 bits per heavy atom. The lowest BCUT2D eigenvalue weighted by atomic mass is 10.1. The molecule has 4 nitrogen and oxygen atoms in total. The van der Waals surface area contributed by atoms with Crippen molar-refractivity contribution in [3.05, 3.63) is 35.4 Å². The first-order valence-electron chi connectivity index (χ1n) is 6.67. The zero-order valence-corrected chi connectivity index (χ0v) is 14.0. The molecule has 114 valence electrons. The number of hydrogen-bond donors (Lipinski definition) is 1. The summed E-state index contributed by atoms with van der Waals surface area (Å²) in [6.07, 6.45) is 2.81. The van der Waals surface area contributed by atoms with E-state index in [-0.39, 0.29) is 11.8 Å². The number of nitrogens with two attached hydrogens (primary N) is 1. The van der Waals surface area contributed by atoms with E-state index in [9.17, 15) is 8.42 Å². The van der Waals surface area contributed by atoms with E-state index in [0.29, 0.717) is 6.54 Å². The summed E-state index contributed by atoms with van der Waals surface area (Å²) in [5.41, 5.74) is 7.33. The lowest BCUT2D eigenvalue weighted by Crippen LogP contribution is -2.38. The monoisotopic (exact) mass is 316 g/mol. The molecule has 0 spiro atoms. The molecule has 0 saturated heterocycles. The van der Waals surface area contributed by atoms with Gasteiger partial charge in [-0.15, -0.1) is 0 Å². The summed E-state index contributed by atoms with van der Waals surface area (Å²) in [7, 11) is -1.62. The molecule has 0 aromatic heterocycles. The number of thioether (sulfide) groups is 1. The summed E-state index contributed by atoms with van der Waals surface area (Å²) in [4.78, 5) is 0. The highest BCUT2D eigenvalue weighted by Crippen LogP contribution is 2.17. The third-order valence-corrected chi connectivity index (χ3v) is 5.95. The van der Waals surface area contributed by atoms with Crippen LogP contribution in [0.3, 0.4) is 0 Å². The predicted molar refractivity (Wildman–Crippen MR) is 87.2 cm³/mol. The van der Waals surface area contributed by atoms with Gasteiger partial charge in [-0.1, -0.05) is 31.2 Å². The van der Waals surface area contributed by atoms with Gasteiger partial charge in [0.1, 0.15) is 0 Å². The van der Waals surface area contributed by atoms with Crippen LogP contribution in [0.4, 0.5) is 0 Å². The molecule has 6 heteroatoms. The lowest BCUT2D eigenvalue weighted by Gasteiger charge is -2.26. The quantitative estimate of drug-likeness (QED) is 0.797. The van der Waals surface area contributed by atoms with E-state index in [0.717, 1.165) is 23.3 Å². The third kappa shape index (κ3) is 4.77. The largest absolute Gasteiger partial charge is 0.326 e. The number of benzene rings is 1. The van der Waals surface area contributed by atoms with Crippen molar-refractivity contribution in [1.29, 1.82) is 0 Å². The fourth-order valence-corrected chi connectivity index (χ4v) is 4.48. The summed E-state index contributed by atoms with van der Waals surface area (Å²) in [6, 6.07) is 7.50. The highest BCUT2D eigenvalue weighted by Gasteiger charge is 2.25. The maximum absolute atomic E-state index is 12.5. The maximum Gasteiger partial charge on any atom is 0.218 e. The molecule has 0 aliphatic carbocycles. The molecule has 1 aromatic rings. The van der Waals surface area contributed by atoms with E-state index in [1.54, 1.807) is 18.8 Å². The Kier molecular flexibility index (Phi) is 7.02. The second kappa shape index (κ2) is 8.02. The molecule has 1 unspecified atom stereocenters. The molecule has 0 aliphatic heterocycles. The second-order valence-corrected chi connectivity index (χ2v) is 7.75. The molecule has 0 fully saturated rings. The predicted octanol–water partition coefficient (Wildman–Crippen LogP) is 2.05. The van der Waals surface area contributed by atoms with Gasteiger partial charge in [0, 0.05) is 25.4 Å². The van der Waals surface area contributed by atoms with Crippen LogP contribution in [0, 0.1) is 0 Å². The lowest BCUT2D eigenvalue weighted by molar-refractivity contribution is 0.385. The van der Waals surface area contributed by atoms with Crippen LogP contribution in [0.5, 0.6) is 0 Å². The van der Waals surface area contributed by atoms with E-state index in [1.165, 1.54) is 4.31 Å². The van der Waals surface area contributed by atoms with Gasteiger partial charge in [0.2, 0.25) is 10.0 Å². The van der Waals surface area contributed by atoms with Crippen LogP contribution < -0.4 is 5.73 Å².